The van der Waals surface area contributed by atoms with Gasteiger partial charge in [-0.05, 0) is 24.3 Å². The van der Waals surface area contributed by atoms with Crippen LogP contribution in [0, 0.1) is 5.92 Å². The van der Waals surface area contributed by atoms with Crippen molar-refractivity contribution in [1.82, 2.24) is 4.90 Å². The minimum atomic E-state index is -0.301. The lowest BCUT2D eigenvalue weighted by Crippen LogP contribution is -2.47. The molecule has 0 aromatic heterocycles. The van der Waals surface area contributed by atoms with E-state index in [0.717, 1.165) is 5.56 Å². The zero-order valence-electron chi connectivity index (χ0n) is 11.2. The summed E-state index contributed by atoms with van der Waals surface area (Å²) < 4.78 is 0. The summed E-state index contributed by atoms with van der Waals surface area (Å²) in [4.78, 5) is 14.2. The third kappa shape index (κ3) is 3.74. The largest absolute Gasteiger partial charge is 0.393 e. The number of piperidine rings is 1. The number of carbonyl (C=O) groups excluding carboxylic acids is 1. The van der Waals surface area contributed by atoms with Gasteiger partial charge in [-0.2, -0.15) is 12.6 Å². The summed E-state index contributed by atoms with van der Waals surface area (Å²) >= 11 is 4.44. The fraction of sp³-hybridized carbons (Fsp3) is 0.533. The van der Waals surface area contributed by atoms with Crippen molar-refractivity contribution >= 4 is 18.5 Å². The maximum Gasteiger partial charge on any atom is 0.235 e. The topological polar surface area (TPSA) is 40.5 Å². The van der Waals surface area contributed by atoms with Gasteiger partial charge in [0.1, 0.15) is 0 Å². The highest BCUT2D eigenvalue weighted by Crippen LogP contribution is 2.19. The first kappa shape index (κ1) is 14.4. The third-order valence-electron chi connectivity index (χ3n) is 3.73. The van der Waals surface area contributed by atoms with Crippen molar-refractivity contribution in [2.45, 2.75) is 31.1 Å². The highest BCUT2D eigenvalue weighted by Gasteiger charge is 2.29. The van der Waals surface area contributed by atoms with Gasteiger partial charge >= 0.3 is 0 Å². The van der Waals surface area contributed by atoms with E-state index in [1.54, 1.807) is 0 Å². The van der Waals surface area contributed by atoms with Crippen LogP contribution >= 0.6 is 12.6 Å². The van der Waals surface area contributed by atoms with Crippen LogP contribution < -0.4 is 0 Å². The molecule has 3 unspecified atom stereocenters. The van der Waals surface area contributed by atoms with Crippen molar-refractivity contribution in [2.24, 2.45) is 5.92 Å². The normalized spacial score (nSPS) is 25.1. The number of amides is 1. The molecule has 1 N–H and O–H groups in total. The average Bonchev–Trinajstić information content (AvgIpc) is 2.42. The van der Waals surface area contributed by atoms with Crippen LogP contribution in [0.3, 0.4) is 0 Å². The smallest absolute Gasteiger partial charge is 0.235 e. The molecule has 1 aliphatic rings. The second kappa shape index (κ2) is 6.44. The highest BCUT2D eigenvalue weighted by atomic mass is 32.1. The van der Waals surface area contributed by atoms with E-state index < -0.39 is 0 Å². The fourth-order valence-electron chi connectivity index (χ4n) is 2.47. The van der Waals surface area contributed by atoms with E-state index >= 15 is 0 Å². The molecule has 0 saturated carbocycles. The maximum absolute atomic E-state index is 12.3. The Labute approximate surface area is 120 Å². The number of thiol groups is 1. The van der Waals surface area contributed by atoms with E-state index in [9.17, 15) is 9.90 Å². The summed E-state index contributed by atoms with van der Waals surface area (Å²) in [5.41, 5.74) is 1.13. The number of hydrogen-bond donors (Lipinski definition) is 2. The zero-order valence-corrected chi connectivity index (χ0v) is 12.1. The van der Waals surface area contributed by atoms with Crippen molar-refractivity contribution in [2.75, 3.05) is 13.1 Å². The van der Waals surface area contributed by atoms with Gasteiger partial charge in [0.05, 0.1) is 11.4 Å². The Kier molecular flexibility index (Phi) is 4.88. The van der Waals surface area contributed by atoms with Crippen LogP contribution in [0.5, 0.6) is 0 Å². The Morgan fingerprint density at radius 2 is 2.16 bits per heavy atom. The summed E-state index contributed by atoms with van der Waals surface area (Å²) in [6, 6.07) is 9.93. The Balaban J connectivity index is 1.92. The number of aliphatic hydroxyl groups is 1. The molecule has 0 bridgehead atoms. The van der Waals surface area contributed by atoms with Crippen LogP contribution in [-0.2, 0) is 11.2 Å². The molecule has 0 radical (unpaired) electrons. The molecule has 1 saturated heterocycles. The van der Waals surface area contributed by atoms with Crippen LogP contribution in [0.4, 0.5) is 0 Å². The first-order valence-corrected chi connectivity index (χ1v) is 7.28. The summed E-state index contributed by atoms with van der Waals surface area (Å²) in [7, 11) is 0. The minimum Gasteiger partial charge on any atom is -0.393 e. The number of aliphatic hydroxyl groups excluding tert-OH is 1. The first-order chi connectivity index (χ1) is 9.08. The summed E-state index contributed by atoms with van der Waals surface area (Å²) in [5.74, 6) is 0.223. The molecule has 0 aliphatic carbocycles. The molecule has 1 aliphatic heterocycles. The molecular weight excluding hydrogens is 258 g/mol. The number of likely N-dealkylation sites (tertiary alicyclic amines) is 1. The van der Waals surface area contributed by atoms with Crippen LogP contribution in [0.15, 0.2) is 30.3 Å². The number of nitrogens with zero attached hydrogens (tertiary/aromatic N) is 1. The Bertz CT molecular complexity index is 423. The van der Waals surface area contributed by atoms with Gasteiger partial charge in [-0.25, -0.2) is 0 Å². The number of rotatable bonds is 3. The van der Waals surface area contributed by atoms with E-state index in [2.05, 4.69) is 12.6 Å². The van der Waals surface area contributed by atoms with Gasteiger partial charge in [-0.3, -0.25) is 4.79 Å². The van der Waals surface area contributed by atoms with E-state index in [-0.39, 0.29) is 23.2 Å². The van der Waals surface area contributed by atoms with Gasteiger partial charge in [-0.1, -0.05) is 37.3 Å². The van der Waals surface area contributed by atoms with Crippen molar-refractivity contribution in [3.8, 4) is 0 Å². The molecule has 4 heteroatoms. The highest BCUT2D eigenvalue weighted by molar-refractivity contribution is 7.81. The van der Waals surface area contributed by atoms with Gasteiger partial charge < -0.3 is 10.0 Å². The summed E-state index contributed by atoms with van der Waals surface area (Å²) in [5, 5.41) is 9.39. The van der Waals surface area contributed by atoms with E-state index in [4.69, 9.17) is 0 Å². The minimum absolute atomic E-state index is 0.0749. The van der Waals surface area contributed by atoms with Crippen molar-refractivity contribution < 1.29 is 9.90 Å². The van der Waals surface area contributed by atoms with Crippen molar-refractivity contribution in [3.63, 3.8) is 0 Å². The molecule has 1 fully saturated rings. The van der Waals surface area contributed by atoms with Crippen LogP contribution in [-0.4, -0.2) is 40.4 Å². The second-order valence-electron chi connectivity index (χ2n) is 5.32. The van der Waals surface area contributed by atoms with Gasteiger partial charge in [0, 0.05) is 13.1 Å². The lowest BCUT2D eigenvalue weighted by molar-refractivity contribution is -0.134. The van der Waals surface area contributed by atoms with Gasteiger partial charge in [0.25, 0.3) is 0 Å². The molecule has 19 heavy (non-hydrogen) atoms. The lowest BCUT2D eigenvalue weighted by Gasteiger charge is -2.35. The number of carbonyl (C=O) groups is 1. The van der Waals surface area contributed by atoms with E-state index in [1.807, 2.05) is 42.2 Å². The number of hydrogen-bond acceptors (Lipinski definition) is 3. The average molecular weight is 279 g/mol. The second-order valence-corrected chi connectivity index (χ2v) is 5.95. The standard InChI is InChI=1S/C15H21NO2S/c1-11-10-16(8-7-13(11)17)15(18)14(19)9-12-5-3-2-4-6-12/h2-6,11,13-14,17,19H,7-10H2,1H3. The monoisotopic (exact) mass is 279 g/mol. The first-order valence-electron chi connectivity index (χ1n) is 6.76. The molecule has 0 spiro atoms. The fourth-order valence-corrected chi connectivity index (χ4v) is 2.84. The van der Waals surface area contributed by atoms with Gasteiger partial charge in [0.2, 0.25) is 5.91 Å². The molecule has 3 atom stereocenters. The van der Waals surface area contributed by atoms with Crippen molar-refractivity contribution in [1.29, 1.82) is 0 Å². The molecular formula is C15H21NO2S. The zero-order chi connectivity index (χ0) is 13.8. The maximum atomic E-state index is 12.3. The molecule has 1 aromatic carbocycles. The van der Waals surface area contributed by atoms with Gasteiger partial charge in [-0.15, -0.1) is 0 Å². The third-order valence-corrected chi connectivity index (χ3v) is 4.13. The molecule has 2 rings (SSSR count). The van der Waals surface area contributed by atoms with E-state index in [1.165, 1.54) is 0 Å². The predicted octanol–water partition coefficient (Wildman–Crippen LogP) is 1.76. The van der Waals surface area contributed by atoms with E-state index in [0.29, 0.717) is 25.9 Å². The lowest BCUT2D eigenvalue weighted by atomic mass is 9.96. The summed E-state index contributed by atoms with van der Waals surface area (Å²) in [6.07, 6.45) is 1.03. The van der Waals surface area contributed by atoms with Crippen molar-refractivity contribution in [3.05, 3.63) is 35.9 Å². The number of benzene rings is 1. The Morgan fingerprint density at radius 3 is 2.79 bits per heavy atom. The Hall–Kier alpha value is -1.00. The molecule has 3 nitrogen and oxygen atoms in total. The van der Waals surface area contributed by atoms with Crippen LogP contribution in [0.25, 0.3) is 0 Å². The molecule has 1 amide bonds. The molecule has 1 aromatic rings. The molecule has 104 valence electrons. The Morgan fingerprint density at radius 1 is 1.47 bits per heavy atom. The SMILES string of the molecule is CC1CN(C(=O)C(S)Cc2ccccc2)CCC1O. The van der Waals surface area contributed by atoms with Crippen LogP contribution in [0.1, 0.15) is 18.9 Å². The van der Waals surface area contributed by atoms with Gasteiger partial charge in [0.15, 0.2) is 0 Å². The molecule has 1 heterocycles. The quantitative estimate of drug-likeness (QED) is 0.828. The summed E-state index contributed by atoms with van der Waals surface area (Å²) in [6.45, 7) is 3.25. The predicted molar refractivity (Wildman–Crippen MR) is 79.3 cm³/mol. The van der Waals surface area contributed by atoms with Crippen LogP contribution in [0.2, 0.25) is 0 Å².